The molecule has 6 nitrogen and oxygen atoms in total. The third kappa shape index (κ3) is 3.66. The number of halogens is 1. The summed E-state index contributed by atoms with van der Waals surface area (Å²) < 4.78 is 27.7. The van der Waals surface area contributed by atoms with Gasteiger partial charge in [0.05, 0.1) is 11.1 Å². The minimum absolute atomic E-state index is 0.196. The molecule has 20 heavy (non-hydrogen) atoms. The van der Waals surface area contributed by atoms with Crippen LogP contribution in [-0.4, -0.2) is 25.7 Å². The third-order valence-electron chi connectivity index (χ3n) is 2.69. The van der Waals surface area contributed by atoms with Crippen LogP contribution in [0.3, 0.4) is 0 Å². The van der Waals surface area contributed by atoms with Gasteiger partial charge in [-0.15, -0.1) is 0 Å². The summed E-state index contributed by atoms with van der Waals surface area (Å²) in [6, 6.07) is 5.26. The molecule has 8 heteroatoms. The Kier molecular flexibility index (Phi) is 4.92. The summed E-state index contributed by atoms with van der Waals surface area (Å²) in [6.07, 6.45) is 3.23. The first kappa shape index (κ1) is 15.2. The van der Waals surface area contributed by atoms with Gasteiger partial charge in [0.25, 0.3) is 0 Å². The van der Waals surface area contributed by atoms with Crippen molar-refractivity contribution >= 4 is 26.0 Å². The Morgan fingerprint density at radius 1 is 1.30 bits per heavy atom. The van der Waals surface area contributed by atoms with Crippen molar-refractivity contribution in [3.63, 3.8) is 0 Å². The second-order valence-corrected chi connectivity index (χ2v) is 6.82. The van der Waals surface area contributed by atoms with Crippen LogP contribution in [0.4, 0.5) is 0 Å². The van der Waals surface area contributed by atoms with Gasteiger partial charge in [0.15, 0.2) is 0 Å². The van der Waals surface area contributed by atoms with Crippen LogP contribution in [0.25, 0.3) is 0 Å². The molecular formula is C12H15BrN4O2S. The number of aromatic nitrogens is 2. The number of hydrogen-bond acceptors (Lipinski definition) is 4. The lowest BCUT2D eigenvalue weighted by Crippen LogP contribution is -2.23. The van der Waals surface area contributed by atoms with Crippen LogP contribution < -0.4 is 10.0 Å². The number of nitrogens with zero attached hydrogens (tertiary/aromatic N) is 1. The van der Waals surface area contributed by atoms with Gasteiger partial charge in [0, 0.05) is 29.3 Å². The number of nitrogens with one attached hydrogen (secondary N) is 3. The molecule has 2 aromatic rings. The lowest BCUT2D eigenvalue weighted by atomic mass is 10.2. The van der Waals surface area contributed by atoms with Gasteiger partial charge in [-0.25, -0.2) is 13.1 Å². The molecule has 2 rings (SSSR count). The monoisotopic (exact) mass is 358 g/mol. The number of aromatic amines is 1. The van der Waals surface area contributed by atoms with E-state index in [2.05, 4.69) is 36.2 Å². The average molecular weight is 359 g/mol. The van der Waals surface area contributed by atoms with Gasteiger partial charge < -0.3 is 5.32 Å². The molecule has 1 aromatic carbocycles. The number of hydrogen-bond donors (Lipinski definition) is 3. The highest BCUT2D eigenvalue weighted by Crippen LogP contribution is 2.23. The van der Waals surface area contributed by atoms with Crippen molar-refractivity contribution in [3.8, 4) is 0 Å². The minimum atomic E-state index is -3.57. The van der Waals surface area contributed by atoms with Crippen molar-refractivity contribution in [1.82, 2.24) is 20.2 Å². The van der Waals surface area contributed by atoms with Crippen LogP contribution in [0.1, 0.15) is 11.1 Å². The predicted molar refractivity (Wildman–Crippen MR) is 79.5 cm³/mol. The highest BCUT2D eigenvalue weighted by molar-refractivity contribution is 9.10. The van der Waals surface area contributed by atoms with E-state index in [4.69, 9.17) is 0 Å². The van der Waals surface area contributed by atoms with Crippen molar-refractivity contribution in [1.29, 1.82) is 0 Å². The quantitative estimate of drug-likeness (QED) is 0.727. The zero-order valence-electron chi connectivity index (χ0n) is 10.9. The fourth-order valence-corrected chi connectivity index (χ4v) is 3.73. The van der Waals surface area contributed by atoms with E-state index in [1.807, 2.05) is 13.1 Å². The normalized spacial score (nSPS) is 11.7. The number of benzene rings is 1. The van der Waals surface area contributed by atoms with E-state index in [-0.39, 0.29) is 11.4 Å². The van der Waals surface area contributed by atoms with E-state index in [1.54, 1.807) is 24.5 Å². The Bertz CT molecular complexity index is 671. The molecule has 0 fully saturated rings. The molecule has 108 valence electrons. The van der Waals surface area contributed by atoms with Gasteiger partial charge >= 0.3 is 0 Å². The van der Waals surface area contributed by atoms with Crippen LogP contribution in [0.15, 0.2) is 40.0 Å². The molecule has 0 saturated carbocycles. The maximum atomic E-state index is 12.3. The van der Waals surface area contributed by atoms with Crippen LogP contribution >= 0.6 is 15.9 Å². The van der Waals surface area contributed by atoms with E-state index in [1.165, 1.54) is 0 Å². The summed E-state index contributed by atoms with van der Waals surface area (Å²) in [5.41, 5.74) is 1.68. The van der Waals surface area contributed by atoms with Crippen molar-refractivity contribution in [2.45, 2.75) is 18.0 Å². The molecule has 0 atom stereocenters. The fraction of sp³-hybridized carbons (Fsp3) is 0.250. The van der Waals surface area contributed by atoms with Crippen LogP contribution in [-0.2, 0) is 23.1 Å². The molecular weight excluding hydrogens is 344 g/mol. The van der Waals surface area contributed by atoms with E-state index in [0.717, 1.165) is 11.1 Å². The van der Waals surface area contributed by atoms with Crippen LogP contribution in [0.2, 0.25) is 0 Å². The summed E-state index contributed by atoms with van der Waals surface area (Å²) in [6.45, 7) is 0.805. The highest BCUT2D eigenvalue weighted by Gasteiger charge is 2.18. The van der Waals surface area contributed by atoms with E-state index < -0.39 is 10.0 Å². The molecule has 0 aliphatic rings. The maximum absolute atomic E-state index is 12.3. The van der Waals surface area contributed by atoms with Gasteiger partial charge in [0.2, 0.25) is 10.0 Å². The maximum Gasteiger partial charge on any atom is 0.242 e. The predicted octanol–water partition coefficient (Wildman–Crippen LogP) is 1.37. The molecule has 0 aliphatic heterocycles. The standard InChI is InChI=1S/C12H15BrN4O2S/c1-14-5-9-2-3-11(13)12(4-9)20(18,19)17-8-10-6-15-16-7-10/h2-4,6-7,14,17H,5,8H2,1H3,(H,15,16). The minimum Gasteiger partial charge on any atom is -0.316 e. The molecule has 1 heterocycles. The smallest absolute Gasteiger partial charge is 0.242 e. The lowest BCUT2D eigenvalue weighted by molar-refractivity contribution is 0.580. The van der Waals surface area contributed by atoms with E-state index >= 15 is 0 Å². The molecule has 0 aliphatic carbocycles. The topological polar surface area (TPSA) is 86.9 Å². The first-order valence-corrected chi connectivity index (χ1v) is 8.21. The molecule has 0 unspecified atom stereocenters. The van der Waals surface area contributed by atoms with Gasteiger partial charge in [-0.2, -0.15) is 5.10 Å². The molecule has 3 N–H and O–H groups in total. The fourth-order valence-electron chi connectivity index (χ4n) is 1.70. The Morgan fingerprint density at radius 2 is 2.10 bits per heavy atom. The second kappa shape index (κ2) is 6.49. The summed E-state index contributed by atoms with van der Waals surface area (Å²) in [7, 11) is -1.76. The largest absolute Gasteiger partial charge is 0.316 e. The second-order valence-electron chi connectivity index (χ2n) is 4.23. The Labute approximate surface area is 126 Å². The van der Waals surface area contributed by atoms with Gasteiger partial charge in [-0.3, -0.25) is 5.10 Å². The van der Waals surface area contributed by atoms with Crippen molar-refractivity contribution in [3.05, 3.63) is 46.2 Å². The van der Waals surface area contributed by atoms with Gasteiger partial charge in [-0.1, -0.05) is 6.07 Å². The molecule has 0 amide bonds. The first-order chi connectivity index (χ1) is 9.53. The van der Waals surface area contributed by atoms with Crippen LogP contribution in [0, 0.1) is 0 Å². The van der Waals surface area contributed by atoms with Gasteiger partial charge in [-0.05, 0) is 40.7 Å². The van der Waals surface area contributed by atoms with Crippen molar-refractivity contribution < 1.29 is 8.42 Å². The SMILES string of the molecule is CNCc1ccc(Br)c(S(=O)(=O)NCc2cn[nH]c2)c1. The molecule has 1 aromatic heterocycles. The summed E-state index contributed by atoms with van der Waals surface area (Å²) in [5.74, 6) is 0. The summed E-state index contributed by atoms with van der Waals surface area (Å²) in [4.78, 5) is 0.230. The summed E-state index contributed by atoms with van der Waals surface area (Å²) >= 11 is 3.28. The van der Waals surface area contributed by atoms with Crippen molar-refractivity contribution in [2.75, 3.05) is 7.05 Å². The van der Waals surface area contributed by atoms with Crippen LogP contribution in [0.5, 0.6) is 0 Å². The Morgan fingerprint density at radius 3 is 2.75 bits per heavy atom. The molecule has 0 radical (unpaired) electrons. The number of H-pyrrole nitrogens is 1. The lowest BCUT2D eigenvalue weighted by Gasteiger charge is -2.10. The number of rotatable bonds is 6. The van der Waals surface area contributed by atoms with Crippen molar-refractivity contribution in [2.24, 2.45) is 0 Å². The average Bonchev–Trinajstić information content (AvgIpc) is 2.92. The first-order valence-electron chi connectivity index (χ1n) is 5.93. The molecule has 0 saturated heterocycles. The van der Waals surface area contributed by atoms with Gasteiger partial charge in [0.1, 0.15) is 0 Å². The highest BCUT2D eigenvalue weighted by atomic mass is 79.9. The Hall–Kier alpha value is -1.22. The molecule has 0 bridgehead atoms. The zero-order chi connectivity index (χ0) is 14.6. The Balaban J connectivity index is 2.21. The molecule has 0 spiro atoms. The zero-order valence-corrected chi connectivity index (χ0v) is 13.3. The van der Waals surface area contributed by atoms with E-state index in [0.29, 0.717) is 11.0 Å². The summed E-state index contributed by atoms with van der Waals surface area (Å²) in [5, 5.41) is 9.41. The third-order valence-corrected chi connectivity index (χ3v) is 5.08. The number of sulfonamides is 1. The van der Waals surface area contributed by atoms with E-state index in [9.17, 15) is 8.42 Å².